The molecule has 0 radical (unpaired) electrons. The Labute approximate surface area is 201 Å². The van der Waals surface area contributed by atoms with E-state index >= 15 is 0 Å². The van der Waals surface area contributed by atoms with E-state index in [9.17, 15) is 14.7 Å². The van der Waals surface area contributed by atoms with Crippen molar-refractivity contribution in [1.29, 1.82) is 0 Å². The number of para-hydroxylation sites is 1. The lowest BCUT2D eigenvalue weighted by Gasteiger charge is -2.28. The fourth-order valence-electron chi connectivity index (χ4n) is 4.13. The van der Waals surface area contributed by atoms with Crippen molar-refractivity contribution in [2.45, 2.75) is 32.9 Å². The highest BCUT2D eigenvalue weighted by molar-refractivity contribution is 7.14. The van der Waals surface area contributed by atoms with Crippen LogP contribution < -0.4 is 4.74 Å². The van der Waals surface area contributed by atoms with Crippen LogP contribution in [-0.2, 0) is 11.3 Å². The number of aliphatic hydroxyl groups excluding tert-OH is 1. The topological polar surface area (TPSA) is 97.5 Å². The summed E-state index contributed by atoms with van der Waals surface area (Å²) in [5.74, 6) is -0.968. The van der Waals surface area contributed by atoms with Gasteiger partial charge in [0.1, 0.15) is 12.4 Å². The molecule has 1 aromatic carbocycles. The average molecular weight is 479 g/mol. The summed E-state index contributed by atoms with van der Waals surface area (Å²) in [7, 11) is 0. The maximum Gasteiger partial charge on any atom is 0.290 e. The van der Waals surface area contributed by atoms with Gasteiger partial charge in [0.25, 0.3) is 5.91 Å². The lowest BCUT2D eigenvalue weighted by atomic mass is 9.94. The number of benzene rings is 1. The maximum atomic E-state index is 13.7. The van der Waals surface area contributed by atoms with Gasteiger partial charge in [-0.25, -0.2) is 9.97 Å². The maximum absolute atomic E-state index is 13.7. The number of hydrogen-bond donors (Lipinski definition) is 1. The summed E-state index contributed by atoms with van der Waals surface area (Å²) >= 11 is 1.25. The van der Waals surface area contributed by atoms with Crippen LogP contribution in [0.5, 0.6) is 5.75 Å². The molecule has 1 N–H and O–H groups in total. The molecule has 1 unspecified atom stereocenters. The van der Waals surface area contributed by atoms with Crippen LogP contribution in [0.2, 0.25) is 0 Å². The lowest BCUT2D eigenvalue weighted by molar-refractivity contribution is -0.129. The quantitative estimate of drug-likeness (QED) is 0.347. The van der Waals surface area contributed by atoms with E-state index in [4.69, 9.17) is 4.74 Å². The molecule has 0 saturated heterocycles. The number of ether oxygens (including phenoxy) is 1. The molecule has 2 aromatic heterocycles. The first-order chi connectivity index (χ1) is 16.4. The van der Waals surface area contributed by atoms with Gasteiger partial charge in [0.05, 0.1) is 33.5 Å². The molecule has 8 nitrogen and oxygen atoms in total. The second-order valence-electron chi connectivity index (χ2n) is 7.93. The van der Waals surface area contributed by atoms with Gasteiger partial charge in [-0.1, -0.05) is 30.9 Å². The highest BCUT2D eigenvalue weighted by Crippen LogP contribution is 2.43. The number of aryl methyl sites for hydroxylation is 3. The van der Waals surface area contributed by atoms with Crippen LogP contribution in [0.15, 0.2) is 67.0 Å². The standard InChI is InChI=1S/C25H26N4O4S/c1-4-14-33-19-9-6-5-8-18(19)21-20(22(30)24-16(2)27-17(3)34-24)23(31)25(32)29(21)12-7-11-28-13-10-26-15-28/h4-6,8-10,13,15,21,31H,1,7,11-12,14H2,2-3H3. The van der Waals surface area contributed by atoms with Crippen molar-refractivity contribution in [1.82, 2.24) is 19.4 Å². The van der Waals surface area contributed by atoms with Gasteiger partial charge in [-0.15, -0.1) is 11.3 Å². The van der Waals surface area contributed by atoms with Crippen LogP contribution >= 0.6 is 11.3 Å². The fraction of sp³-hybridized carbons (Fsp3) is 0.280. The van der Waals surface area contributed by atoms with Crippen molar-refractivity contribution in [3.8, 4) is 5.75 Å². The van der Waals surface area contributed by atoms with Crippen LogP contribution in [0, 0.1) is 13.8 Å². The lowest BCUT2D eigenvalue weighted by Crippen LogP contribution is -2.33. The Bertz CT molecular complexity index is 1250. The molecule has 0 spiro atoms. The monoisotopic (exact) mass is 478 g/mol. The number of Topliss-reactive ketones (excluding diaryl/α,β-unsaturated/α-hetero) is 1. The summed E-state index contributed by atoms with van der Waals surface area (Å²) in [4.78, 5) is 37.2. The molecule has 176 valence electrons. The molecule has 4 rings (SSSR count). The molecule has 3 heterocycles. The first kappa shape index (κ1) is 23.4. The summed E-state index contributed by atoms with van der Waals surface area (Å²) < 4.78 is 7.77. The molecule has 34 heavy (non-hydrogen) atoms. The molecule has 3 aromatic rings. The molecule has 1 aliphatic heterocycles. The number of aromatic nitrogens is 3. The van der Waals surface area contributed by atoms with Gasteiger partial charge in [0.15, 0.2) is 5.76 Å². The summed E-state index contributed by atoms with van der Waals surface area (Å²) in [6.07, 6.45) is 7.49. The molecule has 0 aliphatic carbocycles. The predicted molar refractivity (Wildman–Crippen MR) is 129 cm³/mol. The molecule has 0 saturated carbocycles. The van der Waals surface area contributed by atoms with Gasteiger partial charge in [-0.2, -0.15) is 0 Å². The number of hydrogen-bond acceptors (Lipinski definition) is 7. The molecule has 1 aliphatic rings. The van der Waals surface area contributed by atoms with Crippen LogP contribution in [0.3, 0.4) is 0 Å². The Morgan fingerprint density at radius 2 is 2.09 bits per heavy atom. The van der Waals surface area contributed by atoms with Crippen molar-refractivity contribution in [2.75, 3.05) is 13.2 Å². The molecule has 9 heteroatoms. The van der Waals surface area contributed by atoms with Gasteiger partial charge in [-0.05, 0) is 26.3 Å². The molecule has 1 atom stereocenters. The van der Waals surface area contributed by atoms with E-state index in [1.165, 1.54) is 11.3 Å². The number of aliphatic hydroxyl groups is 1. The van der Waals surface area contributed by atoms with Gasteiger partial charge in [0.2, 0.25) is 5.78 Å². The summed E-state index contributed by atoms with van der Waals surface area (Å²) in [6.45, 7) is 8.51. The molecule has 1 amide bonds. The number of carbonyl (C=O) groups excluding carboxylic acids is 2. The third kappa shape index (κ3) is 4.51. The van der Waals surface area contributed by atoms with E-state index in [1.54, 1.807) is 36.5 Å². The van der Waals surface area contributed by atoms with Gasteiger partial charge in [-0.3, -0.25) is 9.59 Å². The third-order valence-electron chi connectivity index (χ3n) is 5.60. The van der Waals surface area contributed by atoms with Gasteiger partial charge >= 0.3 is 0 Å². The Hall–Kier alpha value is -3.72. The normalized spacial score (nSPS) is 15.8. The van der Waals surface area contributed by atoms with Crippen LogP contribution in [0.1, 0.15) is 38.4 Å². The minimum absolute atomic E-state index is 0.0500. The second-order valence-corrected chi connectivity index (χ2v) is 9.13. The summed E-state index contributed by atoms with van der Waals surface area (Å²) in [5, 5.41) is 11.7. The van der Waals surface area contributed by atoms with Crippen LogP contribution in [0.4, 0.5) is 0 Å². The SMILES string of the molecule is C=CCOc1ccccc1C1C(C(=O)c2sc(C)nc2C)=C(O)C(=O)N1CCCn1ccnc1. The number of ketones is 1. The fourth-order valence-corrected chi connectivity index (χ4v) is 5.01. The Morgan fingerprint density at radius 3 is 2.76 bits per heavy atom. The zero-order chi connectivity index (χ0) is 24.2. The average Bonchev–Trinajstić information content (AvgIpc) is 3.52. The third-order valence-corrected chi connectivity index (χ3v) is 6.67. The minimum Gasteiger partial charge on any atom is -0.503 e. The van der Waals surface area contributed by atoms with E-state index in [0.717, 1.165) is 5.01 Å². The van der Waals surface area contributed by atoms with Crippen molar-refractivity contribution in [2.24, 2.45) is 0 Å². The van der Waals surface area contributed by atoms with E-state index in [1.807, 2.05) is 35.9 Å². The first-order valence-electron chi connectivity index (χ1n) is 10.9. The van der Waals surface area contributed by atoms with Crippen LogP contribution in [0.25, 0.3) is 0 Å². The van der Waals surface area contributed by atoms with Crippen molar-refractivity contribution < 1.29 is 19.4 Å². The zero-order valence-corrected chi connectivity index (χ0v) is 19.9. The second kappa shape index (κ2) is 10.0. The van der Waals surface area contributed by atoms with E-state index < -0.39 is 23.5 Å². The number of imidazole rings is 1. The Balaban J connectivity index is 1.74. The largest absolute Gasteiger partial charge is 0.503 e. The highest BCUT2D eigenvalue weighted by atomic mass is 32.1. The molecule has 0 fully saturated rings. The summed E-state index contributed by atoms with van der Waals surface area (Å²) in [5.41, 5.74) is 1.26. The highest BCUT2D eigenvalue weighted by Gasteiger charge is 2.45. The molecular weight excluding hydrogens is 452 g/mol. The van der Waals surface area contributed by atoms with E-state index in [2.05, 4.69) is 16.5 Å². The van der Waals surface area contributed by atoms with Gasteiger partial charge in [0, 0.05) is 31.0 Å². The zero-order valence-electron chi connectivity index (χ0n) is 19.1. The van der Waals surface area contributed by atoms with Crippen molar-refractivity contribution in [3.63, 3.8) is 0 Å². The number of thiazole rings is 1. The Morgan fingerprint density at radius 1 is 1.29 bits per heavy atom. The van der Waals surface area contributed by atoms with Gasteiger partial charge < -0.3 is 19.3 Å². The van der Waals surface area contributed by atoms with Crippen LogP contribution in [-0.4, -0.2) is 49.4 Å². The number of carbonyl (C=O) groups is 2. The molecular formula is C25H26N4O4S. The predicted octanol–water partition coefficient (Wildman–Crippen LogP) is 4.19. The number of nitrogens with zero attached hydrogens (tertiary/aromatic N) is 4. The molecule has 0 bridgehead atoms. The number of rotatable bonds is 10. The van der Waals surface area contributed by atoms with E-state index in [-0.39, 0.29) is 12.2 Å². The summed E-state index contributed by atoms with van der Waals surface area (Å²) in [6, 6.07) is 6.46. The first-order valence-corrected chi connectivity index (χ1v) is 11.7. The Kier molecular flexibility index (Phi) is 6.93. The number of amides is 1. The van der Waals surface area contributed by atoms with Crippen molar-refractivity contribution in [3.05, 3.63) is 88.1 Å². The van der Waals surface area contributed by atoms with Crippen molar-refractivity contribution >= 4 is 23.0 Å². The minimum atomic E-state index is -0.786. The smallest absolute Gasteiger partial charge is 0.290 e. The van der Waals surface area contributed by atoms with E-state index in [0.29, 0.717) is 41.4 Å².